The summed E-state index contributed by atoms with van der Waals surface area (Å²) in [7, 11) is 1.91. The highest BCUT2D eigenvalue weighted by Gasteiger charge is 2.26. The van der Waals surface area contributed by atoms with E-state index < -0.39 is 0 Å². The zero-order chi connectivity index (χ0) is 13.0. The quantitative estimate of drug-likeness (QED) is 0.874. The largest absolute Gasteiger partial charge is 0.354 e. The Morgan fingerprint density at radius 1 is 1.50 bits per heavy atom. The number of hydrogen-bond donors (Lipinski definition) is 2. The maximum Gasteiger partial charge on any atom is 0.227 e. The monoisotopic (exact) mass is 264 g/mol. The van der Waals surface area contributed by atoms with E-state index in [1.54, 1.807) is 0 Å². The van der Waals surface area contributed by atoms with Gasteiger partial charge in [-0.25, -0.2) is 0 Å². The summed E-state index contributed by atoms with van der Waals surface area (Å²) < 4.78 is 0. The predicted molar refractivity (Wildman–Crippen MR) is 76.1 cm³/mol. The summed E-state index contributed by atoms with van der Waals surface area (Å²) in [5.41, 5.74) is 1.18. The van der Waals surface area contributed by atoms with Gasteiger partial charge in [0.2, 0.25) is 5.91 Å². The third kappa shape index (κ3) is 3.06. The Hall–Kier alpha value is -1.00. The Kier molecular flexibility index (Phi) is 4.66. The first-order valence-corrected chi connectivity index (χ1v) is 7.37. The van der Waals surface area contributed by atoms with Gasteiger partial charge in [0.25, 0.3) is 0 Å². The summed E-state index contributed by atoms with van der Waals surface area (Å²) >= 11 is 1.85. The molecule has 0 radical (unpaired) electrons. The molecule has 2 unspecified atom stereocenters. The Morgan fingerprint density at radius 3 is 3.06 bits per heavy atom. The maximum absolute atomic E-state index is 12.2. The highest BCUT2D eigenvalue weighted by Crippen LogP contribution is 2.37. The van der Waals surface area contributed by atoms with Crippen LogP contribution in [0.2, 0.25) is 0 Å². The van der Waals surface area contributed by atoms with Crippen LogP contribution in [-0.2, 0) is 4.79 Å². The summed E-state index contributed by atoms with van der Waals surface area (Å²) in [4.78, 5) is 13.5. The lowest BCUT2D eigenvalue weighted by Gasteiger charge is -2.24. The van der Waals surface area contributed by atoms with E-state index in [9.17, 15) is 4.79 Å². The van der Waals surface area contributed by atoms with E-state index in [4.69, 9.17) is 0 Å². The molecule has 0 fully saturated rings. The van der Waals surface area contributed by atoms with Crippen LogP contribution in [0, 0.1) is 0 Å². The molecule has 1 aromatic rings. The zero-order valence-electron chi connectivity index (χ0n) is 10.9. The fourth-order valence-corrected chi connectivity index (χ4v) is 3.22. The molecular weight excluding hydrogens is 244 g/mol. The van der Waals surface area contributed by atoms with Gasteiger partial charge in [-0.2, -0.15) is 0 Å². The van der Waals surface area contributed by atoms with Gasteiger partial charge in [-0.15, -0.1) is 11.8 Å². The van der Waals surface area contributed by atoms with Crippen molar-refractivity contribution in [2.45, 2.75) is 30.2 Å². The average Bonchev–Trinajstić information content (AvgIpc) is 2.43. The van der Waals surface area contributed by atoms with Gasteiger partial charge >= 0.3 is 0 Å². The van der Waals surface area contributed by atoms with Crippen LogP contribution in [0.5, 0.6) is 0 Å². The summed E-state index contributed by atoms with van der Waals surface area (Å²) in [5.74, 6) is 1.20. The van der Waals surface area contributed by atoms with E-state index in [2.05, 4.69) is 29.7 Å². The molecule has 1 aliphatic rings. The second kappa shape index (κ2) is 6.25. The van der Waals surface area contributed by atoms with Crippen molar-refractivity contribution < 1.29 is 4.79 Å². The number of carbonyl (C=O) groups is 1. The molecule has 2 rings (SSSR count). The number of amides is 1. The van der Waals surface area contributed by atoms with E-state index in [0.29, 0.717) is 12.6 Å². The van der Waals surface area contributed by atoms with Crippen LogP contribution >= 0.6 is 11.8 Å². The number of nitrogens with one attached hydrogen (secondary N) is 2. The fraction of sp³-hybridized carbons (Fsp3) is 0.500. The van der Waals surface area contributed by atoms with Crippen molar-refractivity contribution in [2.24, 2.45) is 0 Å². The van der Waals surface area contributed by atoms with Gasteiger partial charge in [-0.3, -0.25) is 4.79 Å². The average molecular weight is 264 g/mol. The molecule has 2 N–H and O–H groups in total. The molecule has 3 nitrogen and oxygen atoms in total. The molecule has 18 heavy (non-hydrogen) atoms. The van der Waals surface area contributed by atoms with Crippen molar-refractivity contribution in [1.82, 2.24) is 10.6 Å². The van der Waals surface area contributed by atoms with E-state index in [-0.39, 0.29) is 11.8 Å². The molecule has 0 saturated heterocycles. The van der Waals surface area contributed by atoms with Crippen LogP contribution in [0.15, 0.2) is 29.2 Å². The molecule has 1 aromatic carbocycles. The van der Waals surface area contributed by atoms with E-state index in [1.807, 2.05) is 30.9 Å². The van der Waals surface area contributed by atoms with Crippen LogP contribution in [0.1, 0.15) is 24.8 Å². The van der Waals surface area contributed by atoms with Crippen LogP contribution in [0.3, 0.4) is 0 Å². The maximum atomic E-state index is 12.2. The first-order valence-electron chi connectivity index (χ1n) is 6.39. The number of hydrogen-bond acceptors (Lipinski definition) is 3. The number of benzene rings is 1. The minimum absolute atomic E-state index is 0.0199. The minimum Gasteiger partial charge on any atom is -0.354 e. The molecule has 2 atom stereocenters. The van der Waals surface area contributed by atoms with Gasteiger partial charge < -0.3 is 10.6 Å². The number of thioether (sulfide) groups is 1. The van der Waals surface area contributed by atoms with Crippen molar-refractivity contribution in [2.75, 3.05) is 19.3 Å². The second-order valence-corrected chi connectivity index (χ2v) is 5.80. The number of carbonyl (C=O) groups excluding carboxylic acids is 1. The molecule has 0 aromatic heterocycles. The molecule has 0 bridgehead atoms. The number of fused-ring (bicyclic) bond motifs is 1. The summed E-state index contributed by atoms with van der Waals surface area (Å²) in [6.45, 7) is 2.74. The Labute approximate surface area is 113 Å². The van der Waals surface area contributed by atoms with Crippen molar-refractivity contribution >= 4 is 17.7 Å². The van der Waals surface area contributed by atoms with Crippen molar-refractivity contribution in [3.05, 3.63) is 29.8 Å². The molecule has 4 heteroatoms. The highest BCUT2D eigenvalue weighted by atomic mass is 32.2. The Balaban J connectivity index is 2.04. The normalized spacial score (nSPS) is 20.0. The first kappa shape index (κ1) is 13.4. The first-order chi connectivity index (χ1) is 8.72. The third-order valence-corrected chi connectivity index (χ3v) is 4.47. The number of rotatable bonds is 4. The summed E-state index contributed by atoms with van der Waals surface area (Å²) in [6.07, 6.45) is 0.932. The van der Waals surface area contributed by atoms with E-state index >= 15 is 0 Å². The van der Waals surface area contributed by atoms with Gasteiger partial charge in [0.1, 0.15) is 0 Å². The molecule has 1 amide bonds. The van der Waals surface area contributed by atoms with E-state index in [0.717, 1.165) is 12.2 Å². The summed E-state index contributed by atoms with van der Waals surface area (Å²) in [6, 6.07) is 8.54. The van der Waals surface area contributed by atoms with E-state index in [1.165, 1.54) is 10.5 Å². The molecule has 0 spiro atoms. The van der Waals surface area contributed by atoms with Gasteiger partial charge in [-0.05, 0) is 37.8 Å². The second-order valence-electron chi connectivity index (χ2n) is 4.66. The lowest BCUT2D eigenvalue weighted by Crippen LogP contribution is -2.39. The predicted octanol–water partition coefficient (Wildman–Crippen LogP) is 1.99. The Bertz CT molecular complexity index is 422. The standard InChI is InChI=1S/C14H20N2OS/c1-10(15-2)9-16-14(17)12-7-8-18-13-6-4-3-5-11(12)13/h3-6,10,12,15H,7-9H2,1-2H3,(H,16,17). The lowest BCUT2D eigenvalue weighted by atomic mass is 9.95. The van der Waals surface area contributed by atoms with Gasteiger partial charge in [0.05, 0.1) is 5.92 Å². The van der Waals surface area contributed by atoms with Crippen molar-refractivity contribution in [3.63, 3.8) is 0 Å². The topological polar surface area (TPSA) is 41.1 Å². The van der Waals surface area contributed by atoms with Crippen molar-refractivity contribution in [1.29, 1.82) is 0 Å². The highest BCUT2D eigenvalue weighted by molar-refractivity contribution is 7.99. The van der Waals surface area contributed by atoms with Gasteiger partial charge in [-0.1, -0.05) is 18.2 Å². The molecule has 0 aliphatic carbocycles. The Morgan fingerprint density at radius 2 is 2.28 bits per heavy atom. The third-order valence-electron chi connectivity index (χ3n) is 3.35. The van der Waals surface area contributed by atoms with Gasteiger partial charge in [0.15, 0.2) is 0 Å². The summed E-state index contributed by atoms with van der Waals surface area (Å²) in [5, 5.41) is 6.16. The van der Waals surface area contributed by atoms with Crippen molar-refractivity contribution in [3.8, 4) is 0 Å². The van der Waals surface area contributed by atoms with Crippen LogP contribution < -0.4 is 10.6 Å². The smallest absolute Gasteiger partial charge is 0.227 e. The molecular formula is C14H20N2OS. The number of likely N-dealkylation sites (N-methyl/N-ethyl adjacent to an activating group) is 1. The van der Waals surface area contributed by atoms with Crippen LogP contribution in [-0.4, -0.2) is 31.3 Å². The zero-order valence-corrected chi connectivity index (χ0v) is 11.7. The minimum atomic E-state index is 0.0199. The molecule has 1 heterocycles. The lowest BCUT2D eigenvalue weighted by molar-refractivity contribution is -0.122. The molecule has 1 aliphatic heterocycles. The molecule has 98 valence electrons. The SMILES string of the molecule is CNC(C)CNC(=O)C1CCSc2ccccc21. The van der Waals surface area contributed by atoms with Gasteiger partial charge in [0, 0.05) is 17.5 Å². The molecule has 0 saturated carbocycles. The fourth-order valence-electron chi connectivity index (χ4n) is 2.09. The van der Waals surface area contributed by atoms with Crippen LogP contribution in [0.25, 0.3) is 0 Å². The van der Waals surface area contributed by atoms with Crippen LogP contribution in [0.4, 0.5) is 0 Å².